The number of ether oxygens (including phenoxy) is 1. The third-order valence-electron chi connectivity index (χ3n) is 8.66. The number of aliphatic hydroxyl groups excluding tert-OH is 1. The standard InChI is InChI=1S/C30H38N4O6S/c1-20(19-35)32-41(37,38)24-3-4-25(26(17-24)33-10-8-30(6-7-30)9-11-33)31-29(36)23-15-22-5-13-40-28(22)27(16-23)34-12-14-39-21(2)18-34/h3-5,13,15-17,20-21,32,35H,6-12,14,18-19H2,1-2H3,(H,31,36)/t20-,21+/m0/s1. The van der Waals surface area contributed by atoms with E-state index < -0.39 is 16.1 Å². The molecule has 220 valence electrons. The molecule has 3 fully saturated rings. The summed E-state index contributed by atoms with van der Waals surface area (Å²) >= 11 is 0. The molecule has 3 N–H and O–H groups in total. The zero-order chi connectivity index (χ0) is 28.8. The minimum absolute atomic E-state index is 0.0674. The van der Waals surface area contributed by atoms with Crippen LogP contribution in [-0.4, -0.2) is 71.0 Å². The Bertz CT molecular complexity index is 1540. The first-order valence-electron chi connectivity index (χ1n) is 14.4. The number of nitrogens with one attached hydrogen (secondary N) is 2. The lowest BCUT2D eigenvalue weighted by molar-refractivity contribution is 0.0532. The number of carbonyl (C=O) groups excluding carboxylic acids is 1. The van der Waals surface area contributed by atoms with E-state index in [0.29, 0.717) is 42.0 Å². The molecule has 3 aromatic rings. The fraction of sp³-hybridized carbons (Fsp3) is 0.500. The zero-order valence-electron chi connectivity index (χ0n) is 23.6. The maximum Gasteiger partial charge on any atom is 0.255 e. The van der Waals surface area contributed by atoms with Crippen molar-refractivity contribution in [2.45, 2.75) is 56.6 Å². The van der Waals surface area contributed by atoms with Crippen molar-refractivity contribution >= 4 is 44.0 Å². The van der Waals surface area contributed by atoms with Crippen molar-refractivity contribution in [2.24, 2.45) is 5.41 Å². The Balaban J connectivity index is 1.32. The molecule has 2 atom stereocenters. The lowest BCUT2D eigenvalue weighted by Crippen LogP contribution is -2.41. The second-order valence-corrected chi connectivity index (χ2v) is 13.5. The lowest BCUT2D eigenvalue weighted by atomic mass is 9.93. The third kappa shape index (κ3) is 5.81. The fourth-order valence-electron chi connectivity index (χ4n) is 5.98. The third-order valence-corrected chi connectivity index (χ3v) is 10.2. The van der Waals surface area contributed by atoms with Gasteiger partial charge in [-0.25, -0.2) is 13.1 Å². The molecule has 1 saturated carbocycles. The van der Waals surface area contributed by atoms with Gasteiger partial charge in [-0.2, -0.15) is 0 Å². The molecule has 1 amide bonds. The first-order valence-corrected chi connectivity index (χ1v) is 15.9. The van der Waals surface area contributed by atoms with E-state index in [4.69, 9.17) is 9.15 Å². The van der Waals surface area contributed by atoms with Crippen LogP contribution in [0.3, 0.4) is 0 Å². The van der Waals surface area contributed by atoms with Gasteiger partial charge in [0.1, 0.15) is 0 Å². The van der Waals surface area contributed by atoms with E-state index in [2.05, 4.69) is 19.8 Å². The van der Waals surface area contributed by atoms with Crippen molar-refractivity contribution in [3.05, 3.63) is 48.2 Å². The van der Waals surface area contributed by atoms with Crippen molar-refractivity contribution in [2.75, 3.05) is 54.5 Å². The monoisotopic (exact) mass is 582 g/mol. The van der Waals surface area contributed by atoms with Crippen LogP contribution in [0.25, 0.3) is 11.0 Å². The Kier molecular flexibility index (Phi) is 7.48. The van der Waals surface area contributed by atoms with Crippen LogP contribution in [0.5, 0.6) is 0 Å². The molecule has 0 radical (unpaired) electrons. The highest BCUT2D eigenvalue weighted by molar-refractivity contribution is 7.89. The Morgan fingerprint density at radius 1 is 1.07 bits per heavy atom. The first kappa shape index (κ1) is 28.0. The highest BCUT2D eigenvalue weighted by Crippen LogP contribution is 2.54. The zero-order valence-corrected chi connectivity index (χ0v) is 24.4. The number of rotatable bonds is 8. The second kappa shape index (κ2) is 10.9. The van der Waals surface area contributed by atoms with E-state index in [1.165, 1.54) is 18.9 Å². The summed E-state index contributed by atoms with van der Waals surface area (Å²) in [5.74, 6) is -0.282. The van der Waals surface area contributed by atoms with Crippen molar-refractivity contribution in [3.63, 3.8) is 0 Å². The average Bonchev–Trinajstić information content (AvgIpc) is 3.53. The smallest absolute Gasteiger partial charge is 0.255 e. The summed E-state index contributed by atoms with van der Waals surface area (Å²) in [6.45, 7) is 6.92. The largest absolute Gasteiger partial charge is 0.462 e. The Morgan fingerprint density at radius 2 is 1.85 bits per heavy atom. The van der Waals surface area contributed by atoms with Gasteiger partial charge in [-0.15, -0.1) is 0 Å². The summed E-state index contributed by atoms with van der Waals surface area (Å²) in [6, 6.07) is 9.70. The number of piperidine rings is 1. The number of anilines is 3. The molecule has 0 bridgehead atoms. The number of sulfonamides is 1. The molecule has 3 heterocycles. The van der Waals surface area contributed by atoms with Gasteiger partial charge in [0.05, 0.1) is 47.5 Å². The van der Waals surface area contributed by atoms with Crippen molar-refractivity contribution in [1.82, 2.24) is 4.72 Å². The number of hydrogen-bond donors (Lipinski definition) is 3. The van der Waals surface area contributed by atoms with Gasteiger partial charge in [-0.3, -0.25) is 4.79 Å². The van der Waals surface area contributed by atoms with Crippen molar-refractivity contribution in [1.29, 1.82) is 0 Å². The Labute approximate surface area is 240 Å². The fourth-order valence-corrected chi connectivity index (χ4v) is 7.23. The van der Waals surface area contributed by atoms with Crippen molar-refractivity contribution < 1.29 is 27.5 Å². The van der Waals surface area contributed by atoms with E-state index in [9.17, 15) is 18.3 Å². The quantitative estimate of drug-likeness (QED) is 0.365. The maximum atomic E-state index is 13.7. The maximum absolute atomic E-state index is 13.7. The summed E-state index contributed by atoms with van der Waals surface area (Å²) < 4.78 is 40.1. The van der Waals surface area contributed by atoms with Gasteiger partial charge in [-0.05, 0) is 81.3 Å². The molecule has 3 aliphatic rings. The molecule has 2 aliphatic heterocycles. The average molecular weight is 583 g/mol. The van der Waals surface area contributed by atoms with E-state index >= 15 is 0 Å². The molecule has 1 spiro atoms. The molecule has 2 aromatic carbocycles. The minimum Gasteiger partial charge on any atom is -0.462 e. The van der Waals surface area contributed by atoms with Crippen LogP contribution in [0.15, 0.2) is 52.0 Å². The second-order valence-electron chi connectivity index (χ2n) is 11.8. The summed E-state index contributed by atoms with van der Waals surface area (Å²) in [6.07, 6.45) is 6.31. The number of morpholine rings is 1. The molecular formula is C30H38N4O6S. The molecule has 2 saturated heterocycles. The number of benzene rings is 2. The van der Waals surface area contributed by atoms with E-state index in [0.717, 1.165) is 42.6 Å². The van der Waals surface area contributed by atoms with Crippen LogP contribution in [-0.2, 0) is 14.8 Å². The highest BCUT2D eigenvalue weighted by atomic mass is 32.2. The van der Waals surface area contributed by atoms with Crippen LogP contribution in [0, 0.1) is 5.41 Å². The van der Waals surface area contributed by atoms with E-state index in [1.54, 1.807) is 25.3 Å². The predicted molar refractivity (Wildman–Crippen MR) is 158 cm³/mol. The first-order chi connectivity index (χ1) is 19.7. The summed E-state index contributed by atoms with van der Waals surface area (Å²) in [7, 11) is -3.86. The number of carbonyl (C=O) groups is 1. The number of hydrogen-bond acceptors (Lipinski definition) is 8. The highest BCUT2D eigenvalue weighted by Gasteiger charge is 2.44. The molecule has 1 aliphatic carbocycles. The number of furan rings is 1. The van der Waals surface area contributed by atoms with E-state index in [-0.39, 0.29) is 23.5 Å². The molecule has 41 heavy (non-hydrogen) atoms. The molecule has 6 rings (SSSR count). The summed E-state index contributed by atoms with van der Waals surface area (Å²) in [4.78, 5) is 18.2. The van der Waals surface area contributed by atoms with Crippen molar-refractivity contribution in [3.8, 4) is 0 Å². The summed E-state index contributed by atoms with van der Waals surface area (Å²) in [5.41, 5.74) is 3.76. The number of aliphatic hydroxyl groups is 1. The van der Waals surface area contributed by atoms with Gasteiger partial charge < -0.3 is 29.4 Å². The Morgan fingerprint density at radius 3 is 2.56 bits per heavy atom. The molecular weight excluding hydrogens is 544 g/mol. The van der Waals surface area contributed by atoms with Crippen LogP contribution in [0.1, 0.15) is 49.9 Å². The Hall–Kier alpha value is -3.12. The topological polar surface area (TPSA) is 124 Å². The normalized spacial score (nSPS) is 21.3. The van der Waals surface area contributed by atoms with Gasteiger partial charge in [0.2, 0.25) is 10.0 Å². The van der Waals surface area contributed by atoms with Crippen LogP contribution >= 0.6 is 0 Å². The minimum atomic E-state index is -3.86. The van der Waals surface area contributed by atoms with E-state index in [1.807, 2.05) is 25.1 Å². The van der Waals surface area contributed by atoms with Gasteiger partial charge in [0.25, 0.3) is 5.91 Å². The SMILES string of the molecule is C[C@@H]1CN(c2cc(C(=O)Nc3ccc(S(=O)(=O)N[C@@H](C)CO)cc3N3CCC4(CC3)CC4)cc3ccoc23)CCO1. The number of fused-ring (bicyclic) bond motifs is 1. The number of amides is 1. The van der Waals surface area contributed by atoms with Gasteiger partial charge in [0, 0.05) is 43.2 Å². The van der Waals surface area contributed by atoms with Crippen LogP contribution < -0.4 is 19.8 Å². The lowest BCUT2D eigenvalue weighted by Gasteiger charge is -2.35. The van der Waals surface area contributed by atoms with Gasteiger partial charge in [0.15, 0.2) is 5.58 Å². The number of nitrogens with zero attached hydrogens (tertiary/aromatic N) is 2. The van der Waals surface area contributed by atoms with Crippen LogP contribution in [0.2, 0.25) is 0 Å². The van der Waals surface area contributed by atoms with Crippen LogP contribution in [0.4, 0.5) is 17.1 Å². The molecule has 0 unspecified atom stereocenters. The summed E-state index contributed by atoms with van der Waals surface area (Å²) in [5, 5.41) is 13.3. The predicted octanol–water partition coefficient (Wildman–Crippen LogP) is 3.95. The molecule has 10 nitrogen and oxygen atoms in total. The molecule has 11 heteroatoms. The molecule has 1 aromatic heterocycles. The van der Waals surface area contributed by atoms with Gasteiger partial charge >= 0.3 is 0 Å². The van der Waals surface area contributed by atoms with Gasteiger partial charge in [-0.1, -0.05) is 0 Å².